The predicted octanol–water partition coefficient (Wildman–Crippen LogP) is 2.59. The van der Waals surface area contributed by atoms with Gasteiger partial charge in [-0.15, -0.1) is 0 Å². The SMILES string of the molecule is [18F]c1ccc(Br)cc1. The van der Waals surface area contributed by atoms with Gasteiger partial charge in [0.15, 0.2) is 0 Å². The number of benzene rings is 1. The normalized spacial score (nSPS) is 9.25. The smallest absolute Gasteiger partial charge is 0.123 e. The first kappa shape index (κ1) is 5.76. The summed E-state index contributed by atoms with van der Waals surface area (Å²) in [7, 11) is 0. The van der Waals surface area contributed by atoms with Crippen LogP contribution >= 0.6 is 15.9 Å². The number of hydrogen-bond acceptors (Lipinski definition) is 0. The highest BCUT2D eigenvalue weighted by atomic mass is 79.9. The molecule has 0 aliphatic heterocycles. The van der Waals surface area contributed by atoms with Crippen LogP contribution in [0.5, 0.6) is 0 Å². The van der Waals surface area contributed by atoms with E-state index < -0.39 is 0 Å². The highest BCUT2D eigenvalue weighted by molar-refractivity contribution is 9.10. The average molecular weight is 174 g/mol. The molecule has 0 nitrogen and oxygen atoms in total. The lowest BCUT2D eigenvalue weighted by Crippen LogP contribution is -1.67. The van der Waals surface area contributed by atoms with Gasteiger partial charge in [-0.2, -0.15) is 0 Å². The molecule has 0 heterocycles. The Balaban J connectivity index is 3.03. The first-order chi connectivity index (χ1) is 3.79. The van der Waals surface area contributed by atoms with Crippen LogP contribution in [0, 0.1) is 5.82 Å². The van der Waals surface area contributed by atoms with Gasteiger partial charge >= 0.3 is 0 Å². The maximum atomic E-state index is 12.1. The van der Waals surface area contributed by atoms with E-state index >= 15 is 0 Å². The van der Waals surface area contributed by atoms with Gasteiger partial charge in [0.25, 0.3) is 0 Å². The molecule has 0 saturated heterocycles. The van der Waals surface area contributed by atoms with Gasteiger partial charge in [-0.25, -0.2) is 4.39 Å². The van der Waals surface area contributed by atoms with E-state index in [0.29, 0.717) is 0 Å². The summed E-state index contributed by atoms with van der Waals surface area (Å²) in [5.74, 6) is -0.201. The third kappa shape index (κ3) is 1.30. The van der Waals surface area contributed by atoms with Crippen LogP contribution in [0.15, 0.2) is 28.7 Å². The standard InChI is InChI=1S/C6H4BrF/c7-5-1-3-6(8)4-2-5/h1-4H/i8-1. The molecule has 2 heteroatoms. The van der Waals surface area contributed by atoms with E-state index in [-0.39, 0.29) is 5.82 Å². The summed E-state index contributed by atoms with van der Waals surface area (Å²) in [6.07, 6.45) is 0. The van der Waals surface area contributed by atoms with E-state index in [4.69, 9.17) is 0 Å². The van der Waals surface area contributed by atoms with Crippen LogP contribution in [0.4, 0.5) is 4.39 Å². The summed E-state index contributed by atoms with van der Waals surface area (Å²) in [4.78, 5) is 0. The van der Waals surface area contributed by atoms with E-state index in [1.807, 2.05) is 0 Å². The molecule has 0 aliphatic carbocycles. The van der Waals surface area contributed by atoms with Gasteiger partial charge in [-0.1, -0.05) is 15.9 Å². The molecule has 0 atom stereocenters. The second-order valence-corrected chi connectivity index (χ2v) is 2.35. The fourth-order valence-electron chi connectivity index (χ4n) is 0.430. The van der Waals surface area contributed by atoms with Gasteiger partial charge in [0.1, 0.15) is 5.82 Å². The molecular formula is C6H4BrF. The minimum atomic E-state index is -0.201. The Bertz CT molecular complexity index is 147. The van der Waals surface area contributed by atoms with Crippen LogP contribution in [0.3, 0.4) is 0 Å². The summed E-state index contributed by atoms with van der Waals surface area (Å²) in [6, 6.07) is 6.14. The molecule has 1 aromatic rings. The van der Waals surface area contributed by atoms with Crippen molar-refractivity contribution in [1.82, 2.24) is 0 Å². The molecule has 0 aliphatic rings. The van der Waals surface area contributed by atoms with Gasteiger partial charge in [-0.3, -0.25) is 0 Å². The Kier molecular flexibility index (Phi) is 1.63. The number of halogens is 2. The maximum Gasteiger partial charge on any atom is 0.123 e. The van der Waals surface area contributed by atoms with Crippen molar-refractivity contribution in [2.45, 2.75) is 0 Å². The lowest BCUT2D eigenvalue weighted by molar-refractivity contribution is 0.627. The van der Waals surface area contributed by atoms with Crippen molar-refractivity contribution in [1.29, 1.82) is 0 Å². The van der Waals surface area contributed by atoms with Crippen molar-refractivity contribution >= 4 is 15.9 Å². The third-order valence-corrected chi connectivity index (χ3v) is 1.33. The van der Waals surface area contributed by atoms with Crippen LogP contribution in [0.1, 0.15) is 0 Å². The zero-order valence-corrected chi connectivity index (χ0v) is 5.65. The Morgan fingerprint density at radius 3 is 2.00 bits per heavy atom. The monoisotopic (exact) mass is 173 g/mol. The molecule has 42 valence electrons. The fourth-order valence-corrected chi connectivity index (χ4v) is 0.694. The van der Waals surface area contributed by atoms with E-state index in [1.165, 1.54) is 12.1 Å². The second-order valence-electron chi connectivity index (χ2n) is 1.44. The minimum Gasteiger partial charge on any atom is -0.207 e. The van der Waals surface area contributed by atoms with Gasteiger partial charge < -0.3 is 0 Å². The zero-order valence-electron chi connectivity index (χ0n) is 4.07. The molecule has 0 spiro atoms. The van der Waals surface area contributed by atoms with Crippen LogP contribution in [-0.4, -0.2) is 0 Å². The third-order valence-electron chi connectivity index (χ3n) is 0.804. The Labute approximate surface area is 55.5 Å². The topological polar surface area (TPSA) is 0 Å². The van der Waals surface area contributed by atoms with E-state index in [9.17, 15) is 4.39 Å². The molecule has 0 radical (unpaired) electrons. The molecular weight excluding hydrogens is 170 g/mol. The molecule has 0 bridgehead atoms. The van der Waals surface area contributed by atoms with E-state index in [2.05, 4.69) is 15.9 Å². The first-order valence-corrected chi connectivity index (χ1v) is 2.99. The van der Waals surface area contributed by atoms with Gasteiger partial charge in [0.05, 0.1) is 0 Å². The summed E-state index contributed by atoms with van der Waals surface area (Å²) >= 11 is 3.18. The molecule has 0 unspecified atom stereocenters. The van der Waals surface area contributed by atoms with Crippen LogP contribution in [0.2, 0.25) is 0 Å². The van der Waals surface area contributed by atoms with Crippen molar-refractivity contribution in [3.05, 3.63) is 34.6 Å². The minimum absolute atomic E-state index is 0.201. The summed E-state index contributed by atoms with van der Waals surface area (Å²) in [5, 5.41) is 0. The highest BCUT2D eigenvalue weighted by Gasteiger charge is 1.84. The molecule has 1 aromatic carbocycles. The molecule has 0 N–H and O–H groups in total. The second kappa shape index (κ2) is 2.27. The van der Waals surface area contributed by atoms with Crippen molar-refractivity contribution in [3.8, 4) is 0 Å². The maximum absolute atomic E-state index is 12.1. The Hall–Kier alpha value is -0.370. The van der Waals surface area contributed by atoms with Gasteiger partial charge in [0.2, 0.25) is 0 Å². The summed E-state index contributed by atoms with van der Waals surface area (Å²) in [5.41, 5.74) is 0. The largest absolute Gasteiger partial charge is 0.207 e. The van der Waals surface area contributed by atoms with Crippen molar-refractivity contribution in [2.24, 2.45) is 0 Å². The summed E-state index contributed by atoms with van der Waals surface area (Å²) < 4.78 is 13.0. The first-order valence-electron chi connectivity index (χ1n) is 2.20. The lowest BCUT2D eigenvalue weighted by Gasteiger charge is -1.85. The average Bonchev–Trinajstić information content (AvgIpc) is 1.77. The lowest BCUT2D eigenvalue weighted by atomic mass is 10.4. The quantitative estimate of drug-likeness (QED) is 0.566. The predicted molar refractivity (Wildman–Crippen MR) is 34.1 cm³/mol. The Morgan fingerprint density at radius 2 is 1.62 bits per heavy atom. The molecule has 1 rings (SSSR count). The molecule has 0 amide bonds. The van der Waals surface area contributed by atoms with E-state index in [0.717, 1.165) is 4.47 Å². The van der Waals surface area contributed by atoms with Crippen LogP contribution in [0.25, 0.3) is 0 Å². The molecule has 0 aromatic heterocycles. The van der Waals surface area contributed by atoms with Gasteiger partial charge in [0, 0.05) is 4.47 Å². The zero-order chi connectivity index (χ0) is 5.98. The molecule has 8 heavy (non-hydrogen) atoms. The number of hydrogen-bond donors (Lipinski definition) is 0. The van der Waals surface area contributed by atoms with E-state index in [1.54, 1.807) is 12.1 Å². The molecule has 0 fully saturated rings. The van der Waals surface area contributed by atoms with Gasteiger partial charge in [-0.05, 0) is 24.3 Å². The van der Waals surface area contributed by atoms with Crippen molar-refractivity contribution in [3.63, 3.8) is 0 Å². The fraction of sp³-hybridized carbons (Fsp3) is 0. The summed E-state index contributed by atoms with van der Waals surface area (Å²) in [6.45, 7) is 0. The van der Waals surface area contributed by atoms with Crippen LogP contribution in [-0.2, 0) is 0 Å². The van der Waals surface area contributed by atoms with Crippen LogP contribution < -0.4 is 0 Å². The molecule has 0 saturated carbocycles. The highest BCUT2D eigenvalue weighted by Crippen LogP contribution is 2.08. The van der Waals surface area contributed by atoms with Crippen molar-refractivity contribution in [2.75, 3.05) is 0 Å². The van der Waals surface area contributed by atoms with Crippen molar-refractivity contribution < 1.29 is 4.39 Å². The number of rotatable bonds is 0. The Morgan fingerprint density at radius 1 is 1.12 bits per heavy atom.